The number of aromatic nitrogens is 2. The van der Waals surface area contributed by atoms with Crippen LogP contribution in [0.5, 0.6) is 11.9 Å². The molecule has 3 aromatic rings. The van der Waals surface area contributed by atoms with E-state index in [-0.39, 0.29) is 54.0 Å². The Kier molecular flexibility index (Phi) is 7.95. The lowest BCUT2D eigenvalue weighted by molar-refractivity contribution is -0.138. The molecule has 0 radical (unpaired) electrons. The van der Waals surface area contributed by atoms with Gasteiger partial charge in [-0.1, -0.05) is 49.4 Å². The molecule has 9 nitrogen and oxygen atoms in total. The van der Waals surface area contributed by atoms with Gasteiger partial charge < -0.3 is 25.2 Å². The Morgan fingerprint density at radius 2 is 1.82 bits per heavy atom. The molecule has 1 aliphatic carbocycles. The van der Waals surface area contributed by atoms with E-state index in [2.05, 4.69) is 29.0 Å². The van der Waals surface area contributed by atoms with Crippen LogP contribution in [-0.4, -0.2) is 46.7 Å². The molecule has 9 heteroatoms. The molecule has 0 unspecified atom stereocenters. The molecule has 1 aromatic heterocycles. The number of nitrogens with zero attached hydrogens (tertiary/aromatic N) is 3. The minimum atomic E-state index is -0.720. The topological polar surface area (TPSA) is 128 Å². The summed E-state index contributed by atoms with van der Waals surface area (Å²) in [7, 11) is 0. The SMILES string of the molecule is C[C@@H](COc1nc(N)c2c(n1)OCCN(c1ccc(C3CCC(CC(=O)O)CC3)cc1)C2=O)c1ccccc1. The fourth-order valence-corrected chi connectivity index (χ4v) is 5.47. The van der Waals surface area contributed by atoms with Gasteiger partial charge in [0.2, 0.25) is 5.88 Å². The van der Waals surface area contributed by atoms with Crippen LogP contribution in [0, 0.1) is 5.92 Å². The standard InChI is InChI=1S/C30H34N4O5/c1-19(21-5-3-2-4-6-21)18-39-30-32-27(31)26-28(33-30)38-16-15-34(29(26)37)24-13-11-23(12-14-24)22-9-7-20(8-10-22)17-25(35)36/h2-6,11-14,19-20,22H,7-10,15-18H2,1H3,(H,35,36)(H2,31,32,33)/t19-,20?,22?/m0/s1. The summed E-state index contributed by atoms with van der Waals surface area (Å²) in [5.74, 6) is -0.0930. The van der Waals surface area contributed by atoms with Crippen molar-refractivity contribution in [2.75, 3.05) is 30.4 Å². The molecule has 1 atom stereocenters. The van der Waals surface area contributed by atoms with Crippen molar-refractivity contribution in [1.82, 2.24) is 9.97 Å². The van der Waals surface area contributed by atoms with Crippen LogP contribution in [0.15, 0.2) is 54.6 Å². The van der Waals surface area contributed by atoms with Gasteiger partial charge in [-0.3, -0.25) is 9.59 Å². The van der Waals surface area contributed by atoms with E-state index in [1.165, 1.54) is 5.56 Å². The average molecular weight is 531 g/mol. The van der Waals surface area contributed by atoms with Gasteiger partial charge in [-0.15, -0.1) is 0 Å². The largest absolute Gasteiger partial charge is 0.481 e. The monoisotopic (exact) mass is 530 g/mol. The Hall–Kier alpha value is -4.14. The zero-order valence-electron chi connectivity index (χ0n) is 22.1. The second kappa shape index (κ2) is 11.7. The molecule has 2 aliphatic rings. The average Bonchev–Trinajstić information content (AvgIpc) is 3.11. The summed E-state index contributed by atoms with van der Waals surface area (Å²) in [5, 5.41) is 9.06. The maximum absolute atomic E-state index is 13.5. The molecular formula is C30H34N4O5. The van der Waals surface area contributed by atoms with Crippen LogP contribution in [0.25, 0.3) is 0 Å². The molecule has 39 heavy (non-hydrogen) atoms. The number of anilines is 2. The van der Waals surface area contributed by atoms with Gasteiger partial charge in [0.05, 0.1) is 13.2 Å². The number of rotatable bonds is 8. The molecule has 3 N–H and O–H groups in total. The van der Waals surface area contributed by atoms with Gasteiger partial charge in [-0.2, -0.15) is 9.97 Å². The van der Waals surface area contributed by atoms with E-state index in [1.807, 2.05) is 42.5 Å². The number of amides is 1. The van der Waals surface area contributed by atoms with Crippen molar-refractivity contribution >= 4 is 23.4 Å². The van der Waals surface area contributed by atoms with E-state index < -0.39 is 5.97 Å². The molecule has 2 aromatic carbocycles. The van der Waals surface area contributed by atoms with Crippen molar-refractivity contribution in [3.8, 4) is 11.9 Å². The maximum Gasteiger partial charge on any atom is 0.321 e. The van der Waals surface area contributed by atoms with Crippen molar-refractivity contribution in [1.29, 1.82) is 0 Å². The highest BCUT2D eigenvalue weighted by Gasteiger charge is 2.30. The van der Waals surface area contributed by atoms with Crippen molar-refractivity contribution in [2.24, 2.45) is 5.92 Å². The predicted molar refractivity (Wildman–Crippen MR) is 147 cm³/mol. The van der Waals surface area contributed by atoms with Gasteiger partial charge in [0.25, 0.3) is 5.91 Å². The third kappa shape index (κ3) is 6.13. The number of nitrogen functional groups attached to an aromatic ring is 1. The molecular weight excluding hydrogens is 496 g/mol. The van der Waals surface area contributed by atoms with Crippen molar-refractivity contribution in [2.45, 2.75) is 50.9 Å². The molecule has 5 rings (SSSR count). The molecule has 0 spiro atoms. The number of hydrogen-bond acceptors (Lipinski definition) is 7. The summed E-state index contributed by atoms with van der Waals surface area (Å²) >= 11 is 0. The Morgan fingerprint density at radius 1 is 1.10 bits per heavy atom. The summed E-state index contributed by atoms with van der Waals surface area (Å²) in [4.78, 5) is 34.8. The minimum Gasteiger partial charge on any atom is -0.481 e. The van der Waals surface area contributed by atoms with Crippen LogP contribution in [0.3, 0.4) is 0 Å². The molecule has 2 heterocycles. The van der Waals surface area contributed by atoms with E-state index in [4.69, 9.17) is 20.3 Å². The number of aliphatic carboxylic acids is 1. The normalized spacial score (nSPS) is 19.9. The van der Waals surface area contributed by atoms with Gasteiger partial charge in [-0.05, 0) is 60.8 Å². The van der Waals surface area contributed by atoms with E-state index >= 15 is 0 Å². The molecule has 1 amide bonds. The number of hydrogen-bond donors (Lipinski definition) is 2. The second-order valence-corrected chi connectivity index (χ2v) is 10.4. The molecule has 1 aliphatic heterocycles. The summed E-state index contributed by atoms with van der Waals surface area (Å²) in [6.45, 7) is 3.01. The summed E-state index contributed by atoms with van der Waals surface area (Å²) in [5.41, 5.74) is 9.46. The maximum atomic E-state index is 13.5. The van der Waals surface area contributed by atoms with Crippen molar-refractivity contribution < 1.29 is 24.2 Å². The van der Waals surface area contributed by atoms with E-state index in [0.29, 0.717) is 19.1 Å². The lowest BCUT2D eigenvalue weighted by Crippen LogP contribution is -2.32. The zero-order chi connectivity index (χ0) is 27.4. The van der Waals surface area contributed by atoms with E-state index in [1.54, 1.807) is 4.90 Å². The van der Waals surface area contributed by atoms with Crippen LogP contribution in [0.1, 0.15) is 72.3 Å². The number of carbonyl (C=O) groups excluding carboxylic acids is 1. The first-order valence-corrected chi connectivity index (χ1v) is 13.5. The molecule has 0 saturated heterocycles. The Balaban J connectivity index is 1.26. The first-order valence-electron chi connectivity index (χ1n) is 13.5. The van der Waals surface area contributed by atoms with Crippen molar-refractivity contribution in [3.05, 3.63) is 71.3 Å². The number of benzene rings is 2. The third-order valence-corrected chi connectivity index (χ3v) is 7.71. The Bertz CT molecular complexity index is 1310. The lowest BCUT2D eigenvalue weighted by Gasteiger charge is -2.28. The van der Waals surface area contributed by atoms with Gasteiger partial charge in [-0.25, -0.2) is 0 Å². The highest BCUT2D eigenvalue weighted by Crippen LogP contribution is 2.38. The fraction of sp³-hybridized carbons (Fsp3) is 0.400. The molecule has 0 bridgehead atoms. The van der Waals surface area contributed by atoms with Crippen LogP contribution in [-0.2, 0) is 4.79 Å². The van der Waals surface area contributed by atoms with Crippen LogP contribution < -0.4 is 20.1 Å². The van der Waals surface area contributed by atoms with Gasteiger partial charge in [0.1, 0.15) is 18.0 Å². The smallest absolute Gasteiger partial charge is 0.321 e. The summed E-state index contributed by atoms with van der Waals surface area (Å²) in [6, 6.07) is 18.1. The number of carboxylic acid groups (broad SMARTS) is 1. The first-order chi connectivity index (χ1) is 18.9. The number of carbonyl (C=O) groups is 2. The van der Waals surface area contributed by atoms with Crippen LogP contribution in [0.4, 0.5) is 11.5 Å². The summed E-state index contributed by atoms with van der Waals surface area (Å²) in [6.07, 6.45) is 4.05. The minimum absolute atomic E-state index is 0.0222. The predicted octanol–water partition coefficient (Wildman–Crippen LogP) is 5.03. The van der Waals surface area contributed by atoms with Gasteiger partial charge >= 0.3 is 12.0 Å². The van der Waals surface area contributed by atoms with Crippen LogP contribution >= 0.6 is 0 Å². The quantitative estimate of drug-likeness (QED) is 0.415. The number of nitrogens with two attached hydrogens (primary N) is 1. The third-order valence-electron chi connectivity index (χ3n) is 7.71. The van der Waals surface area contributed by atoms with Gasteiger partial charge in [0.15, 0.2) is 0 Å². The lowest BCUT2D eigenvalue weighted by atomic mass is 9.77. The number of ether oxygens (including phenoxy) is 2. The Morgan fingerprint density at radius 3 is 2.51 bits per heavy atom. The molecule has 204 valence electrons. The highest BCUT2D eigenvalue weighted by molar-refractivity contribution is 6.10. The first kappa shape index (κ1) is 26.5. The van der Waals surface area contributed by atoms with Crippen molar-refractivity contribution in [3.63, 3.8) is 0 Å². The second-order valence-electron chi connectivity index (χ2n) is 10.4. The highest BCUT2D eigenvalue weighted by atomic mass is 16.5. The van der Waals surface area contributed by atoms with E-state index in [9.17, 15) is 9.59 Å². The van der Waals surface area contributed by atoms with Gasteiger partial charge in [0, 0.05) is 18.0 Å². The Labute approximate surface area is 228 Å². The van der Waals surface area contributed by atoms with Crippen LogP contribution in [0.2, 0.25) is 0 Å². The summed E-state index contributed by atoms with van der Waals surface area (Å²) < 4.78 is 11.6. The molecule has 1 saturated carbocycles. The van der Waals surface area contributed by atoms with E-state index in [0.717, 1.165) is 36.9 Å². The number of fused-ring (bicyclic) bond motifs is 1. The molecule has 1 fully saturated rings. The fourth-order valence-electron chi connectivity index (χ4n) is 5.47. The zero-order valence-corrected chi connectivity index (χ0v) is 22.1. The number of carboxylic acids is 1.